The zero-order chi connectivity index (χ0) is 15.6. The molecular formula is C15H19F3N2O. The zero-order valence-electron chi connectivity index (χ0n) is 12.2. The molecule has 1 heterocycles. The SMILES string of the molecule is CN(CC1CCCN1C)c1ccc(C=O)c(C(F)(F)F)c1. The van der Waals surface area contributed by atoms with Crippen molar-refractivity contribution in [3.63, 3.8) is 0 Å². The molecule has 0 aliphatic carbocycles. The molecule has 1 aliphatic rings. The van der Waals surface area contributed by atoms with Gasteiger partial charge in [0.2, 0.25) is 0 Å². The maximum absolute atomic E-state index is 13.0. The lowest BCUT2D eigenvalue weighted by atomic mass is 10.1. The highest BCUT2D eigenvalue weighted by Crippen LogP contribution is 2.34. The van der Waals surface area contributed by atoms with Crippen LogP contribution in [-0.2, 0) is 6.18 Å². The van der Waals surface area contributed by atoms with Crippen molar-refractivity contribution in [3.8, 4) is 0 Å². The molecule has 1 aromatic rings. The minimum atomic E-state index is -4.52. The monoisotopic (exact) mass is 300 g/mol. The van der Waals surface area contributed by atoms with Crippen LogP contribution in [0.25, 0.3) is 0 Å². The second kappa shape index (κ2) is 6.05. The highest BCUT2D eigenvalue weighted by Gasteiger charge is 2.34. The number of likely N-dealkylation sites (N-methyl/N-ethyl adjacent to an activating group) is 2. The van der Waals surface area contributed by atoms with E-state index in [-0.39, 0.29) is 11.8 Å². The highest BCUT2D eigenvalue weighted by atomic mass is 19.4. The van der Waals surface area contributed by atoms with E-state index in [1.807, 2.05) is 11.9 Å². The van der Waals surface area contributed by atoms with Gasteiger partial charge in [-0.05, 0) is 44.6 Å². The summed E-state index contributed by atoms with van der Waals surface area (Å²) in [7, 11) is 3.81. The molecule has 0 N–H and O–H groups in total. The van der Waals surface area contributed by atoms with Gasteiger partial charge in [0.1, 0.15) is 0 Å². The van der Waals surface area contributed by atoms with Crippen LogP contribution in [0.2, 0.25) is 0 Å². The lowest BCUT2D eigenvalue weighted by Gasteiger charge is -2.28. The van der Waals surface area contributed by atoms with Crippen LogP contribution in [0.3, 0.4) is 0 Å². The van der Waals surface area contributed by atoms with Gasteiger partial charge < -0.3 is 9.80 Å². The first-order valence-electron chi connectivity index (χ1n) is 6.90. The minimum absolute atomic E-state index is 0.247. The van der Waals surface area contributed by atoms with E-state index >= 15 is 0 Å². The fourth-order valence-electron chi connectivity index (χ4n) is 2.76. The van der Waals surface area contributed by atoms with Crippen molar-refractivity contribution in [1.82, 2.24) is 4.90 Å². The molecule has 21 heavy (non-hydrogen) atoms. The summed E-state index contributed by atoms with van der Waals surface area (Å²) in [6, 6.07) is 4.21. The van der Waals surface area contributed by atoms with Crippen molar-refractivity contribution in [2.75, 3.05) is 32.1 Å². The van der Waals surface area contributed by atoms with E-state index < -0.39 is 11.7 Å². The van der Waals surface area contributed by atoms with Gasteiger partial charge in [-0.2, -0.15) is 13.2 Å². The number of hydrogen-bond donors (Lipinski definition) is 0. The van der Waals surface area contributed by atoms with Gasteiger partial charge in [0, 0.05) is 30.9 Å². The number of benzene rings is 1. The number of nitrogens with zero attached hydrogens (tertiary/aromatic N) is 2. The summed E-state index contributed by atoms with van der Waals surface area (Å²) < 4.78 is 38.9. The van der Waals surface area contributed by atoms with Crippen molar-refractivity contribution in [3.05, 3.63) is 29.3 Å². The molecule has 1 atom stereocenters. The molecule has 1 aliphatic heterocycles. The molecule has 0 saturated carbocycles. The summed E-state index contributed by atoms with van der Waals surface area (Å²) >= 11 is 0. The van der Waals surface area contributed by atoms with Gasteiger partial charge in [-0.1, -0.05) is 0 Å². The van der Waals surface area contributed by atoms with Gasteiger partial charge >= 0.3 is 6.18 Å². The van der Waals surface area contributed by atoms with Crippen LogP contribution < -0.4 is 4.90 Å². The molecule has 1 saturated heterocycles. The zero-order valence-corrected chi connectivity index (χ0v) is 12.2. The molecule has 1 aromatic carbocycles. The molecule has 3 nitrogen and oxygen atoms in total. The van der Waals surface area contributed by atoms with Gasteiger partial charge in [-0.3, -0.25) is 4.79 Å². The Morgan fingerprint density at radius 1 is 1.43 bits per heavy atom. The topological polar surface area (TPSA) is 23.6 Å². The average Bonchev–Trinajstić information content (AvgIpc) is 2.82. The van der Waals surface area contributed by atoms with Crippen molar-refractivity contribution < 1.29 is 18.0 Å². The van der Waals surface area contributed by atoms with Gasteiger partial charge in [-0.25, -0.2) is 0 Å². The third kappa shape index (κ3) is 3.56. The molecule has 116 valence electrons. The van der Waals surface area contributed by atoms with Crippen molar-refractivity contribution in [2.24, 2.45) is 0 Å². The maximum atomic E-state index is 13.0. The predicted molar refractivity (Wildman–Crippen MR) is 75.8 cm³/mol. The molecule has 2 rings (SSSR count). The standard InChI is InChI=1S/C15H19F3N2O/c1-19-7-3-4-13(19)9-20(2)12-6-5-11(10-21)14(8-12)15(16,17)18/h5-6,8,10,13H,3-4,7,9H2,1-2H3. The molecule has 6 heteroatoms. The lowest BCUT2D eigenvalue weighted by Crippen LogP contribution is -2.36. The predicted octanol–water partition coefficient (Wildman–Crippen LogP) is 3.05. The Morgan fingerprint density at radius 3 is 2.67 bits per heavy atom. The van der Waals surface area contributed by atoms with E-state index in [1.54, 1.807) is 13.1 Å². The van der Waals surface area contributed by atoms with Crippen molar-refractivity contribution in [1.29, 1.82) is 0 Å². The fourth-order valence-corrected chi connectivity index (χ4v) is 2.76. The molecule has 0 spiro atoms. The Morgan fingerprint density at radius 2 is 2.14 bits per heavy atom. The van der Waals surface area contributed by atoms with Gasteiger partial charge in [0.15, 0.2) is 6.29 Å². The van der Waals surface area contributed by atoms with E-state index in [2.05, 4.69) is 4.90 Å². The number of rotatable bonds is 4. The van der Waals surface area contributed by atoms with Crippen LogP contribution in [0.15, 0.2) is 18.2 Å². The summed E-state index contributed by atoms with van der Waals surface area (Å²) in [5.41, 5.74) is -0.715. The quantitative estimate of drug-likeness (QED) is 0.799. The van der Waals surface area contributed by atoms with Gasteiger partial charge in [-0.15, -0.1) is 0 Å². The summed E-state index contributed by atoms with van der Waals surface area (Å²) in [5, 5.41) is 0. The van der Waals surface area contributed by atoms with E-state index in [4.69, 9.17) is 0 Å². The number of carbonyl (C=O) groups excluding carboxylic acids is 1. The number of alkyl halides is 3. The van der Waals surface area contributed by atoms with Crippen molar-refractivity contribution >= 4 is 12.0 Å². The van der Waals surface area contributed by atoms with Crippen LogP contribution in [0, 0.1) is 0 Å². The number of hydrogen-bond acceptors (Lipinski definition) is 3. The number of carbonyl (C=O) groups is 1. The molecule has 0 bridgehead atoms. The number of aldehydes is 1. The summed E-state index contributed by atoms with van der Waals surface area (Å²) in [4.78, 5) is 14.8. The Labute approximate surface area is 122 Å². The molecule has 0 radical (unpaired) electrons. The van der Waals surface area contributed by atoms with Gasteiger partial charge in [0.25, 0.3) is 0 Å². The first-order chi connectivity index (χ1) is 9.82. The second-order valence-corrected chi connectivity index (χ2v) is 5.54. The molecular weight excluding hydrogens is 281 g/mol. The normalized spacial score (nSPS) is 19.8. The third-order valence-electron chi connectivity index (χ3n) is 4.07. The van der Waals surface area contributed by atoms with E-state index in [0.717, 1.165) is 25.5 Å². The molecule has 0 aromatic heterocycles. The summed E-state index contributed by atoms with van der Waals surface area (Å²) in [5.74, 6) is 0. The first kappa shape index (κ1) is 15.8. The van der Waals surface area contributed by atoms with Crippen LogP contribution in [0.1, 0.15) is 28.8 Å². The summed E-state index contributed by atoms with van der Waals surface area (Å²) in [6.07, 6.45) is -2.10. The van der Waals surface area contributed by atoms with E-state index in [1.165, 1.54) is 6.07 Å². The van der Waals surface area contributed by atoms with Crippen LogP contribution in [-0.4, -0.2) is 44.4 Å². The Kier molecular flexibility index (Phi) is 4.56. The Hall–Kier alpha value is -1.56. The number of anilines is 1. The Bertz CT molecular complexity index is 516. The third-order valence-corrected chi connectivity index (χ3v) is 4.07. The number of likely N-dealkylation sites (tertiary alicyclic amines) is 1. The van der Waals surface area contributed by atoms with Crippen molar-refractivity contribution in [2.45, 2.75) is 25.1 Å². The molecule has 1 unspecified atom stereocenters. The lowest BCUT2D eigenvalue weighted by molar-refractivity contribution is -0.137. The average molecular weight is 300 g/mol. The van der Waals surface area contributed by atoms with E-state index in [9.17, 15) is 18.0 Å². The Balaban J connectivity index is 2.21. The highest BCUT2D eigenvalue weighted by molar-refractivity contribution is 5.79. The fraction of sp³-hybridized carbons (Fsp3) is 0.533. The maximum Gasteiger partial charge on any atom is 0.417 e. The van der Waals surface area contributed by atoms with E-state index in [0.29, 0.717) is 18.3 Å². The smallest absolute Gasteiger partial charge is 0.373 e. The molecule has 1 fully saturated rings. The minimum Gasteiger partial charge on any atom is -0.373 e. The van der Waals surface area contributed by atoms with Crippen LogP contribution >= 0.6 is 0 Å². The summed E-state index contributed by atoms with van der Waals surface area (Å²) in [6.45, 7) is 1.70. The second-order valence-electron chi connectivity index (χ2n) is 5.54. The van der Waals surface area contributed by atoms with Crippen LogP contribution in [0.5, 0.6) is 0 Å². The largest absolute Gasteiger partial charge is 0.417 e. The molecule has 0 amide bonds. The number of halogens is 3. The van der Waals surface area contributed by atoms with Gasteiger partial charge in [0.05, 0.1) is 5.56 Å². The first-order valence-corrected chi connectivity index (χ1v) is 6.90. The van der Waals surface area contributed by atoms with Crippen LogP contribution in [0.4, 0.5) is 18.9 Å².